The van der Waals surface area contributed by atoms with Gasteiger partial charge in [-0.2, -0.15) is 0 Å². The maximum atomic E-state index is 12.1. The summed E-state index contributed by atoms with van der Waals surface area (Å²) in [6.45, 7) is 9.24. The molecule has 0 amide bonds. The average Bonchev–Trinajstić information content (AvgIpc) is 2.54. The van der Waals surface area contributed by atoms with E-state index in [9.17, 15) is 9.90 Å². The fourth-order valence-electron chi connectivity index (χ4n) is 6.32. The van der Waals surface area contributed by atoms with Crippen LogP contribution in [0.1, 0.15) is 64.0 Å². The summed E-state index contributed by atoms with van der Waals surface area (Å²) in [6, 6.07) is 6.32. The lowest BCUT2D eigenvalue weighted by Gasteiger charge is -2.59. The first-order chi connectivity index (χ1) is 12.2. The van der Waals surface area contributed by atoms with Crippen LogP contribution >= 0.6 is 0 Å². The van der Waals surface area contributed by atoms with Crippen LogP contribution in [-0.4, -0.2) is 18.2 Å². The monoisotopic (exact) mass is 358 g/mol. The number of fused-ring (bicyclic) bond motifs is 1. The maximum Gasteiger partial charge on any atom is 0.306 e. The number of aliphatic carboxylic acids is 1. The molecule has 1 aromatic rings. The summed E-state index contributed by atoms with van der Waals surface area (Å²) in [6.07, 6.45) is 6.31. The second-order valence-corrected chi connectivity index (χ2v) is 9.59. The maximum absolute atomic E-state index is 12.1. The third-order valence-electron chi connectivity index (χ3n) is 7.49. The molecule has 0 bridgehead atoms. The van der Waals surface area contributed by atoms with Crippen LogP contribution in [0.4, 0.5) is 0 Å². The number of carboxylic acids is 1. The highest BCUT2D eigenvalue weighted by Crippen LogP contribution is 2.61. The fraction of sp³-hybridized carbons (Fsp3) is 0.696. The number of carboxylic acid groups (broad SMARTS) is 1. The minimum atomic E-state index is -0.613. The summed E-state index contributed by atoms with van der Waals surface area (Å²) in [4.78, 5) is 12.1. The Morgan fingerprint density at radius 1 is 1.19 bits per heavy atom. The quantitative estimate of drug-likeness (QED) is 0.774. The molecule has 2 fully saturated rings. The van der Waals surface area contributed by atoms with Crippen LogP contribution in [0.2, 0.25) is 0 Å². The Kier molecular flexibility index (Phi) is 5.11. The molecule has 26 heavy (non-hydrogen) atoms. The summed E-state index contributed by atoms with van der Waals surface area (Å²) in [5, 5.41) is 9.95. The Hall–Kier alpha value is -1.51. The average molecular weight is 359 g/mol. The lowest BCUT2D eigenvalue weighted by molar-refractivity contribution is -0.157. The van der Waals surface area contributed by atoms with E-state index >= 15 is 0 Å². The predicted octanol–water partition coefficient (Wildman–Crippen LogP) is 5.49. The number of ether oxygens (including phenoxy) is 1. The molecule has 1 aromatic carbocycles. The van der Waals surface area contributed by atoms with Crippen molar-refractivity contribution in [2.24, 2.45) is 28.6 Å². The van der Waals surface area contributed by atoms with Gasteiger partial charge in [-0.3, -0.25) is 4.79 Å². The van der Waals surface area contributed by atoms with Crippen molar-refractivity contribution >= 4 is 5.97 Å². The molecule has 2 saturated carbocycles. The molecule has 0 heterocycles. The minimum absolute atomic E-state index is 0.0973. The normalized spacial score (nSPS) is 33.3. The van der Waals surface area contributed by atoms with Crippen LogP contribution in [0.3, 0.4) is 0 Å². The zero-order valence-electron chi connectivity index (χ0n) is 17.0. The van der Waals surface area contributed by atoms with Gasteiger partial charge in [0, 0.05) is 0 Å². The Bertz CT molecular complexity index is 678. The van der Waals surface area contributed by atoms with Gasteiger partial charge < -0.3 is 9.84 Å². The molecule has 1 N–H and O–H groups in total. The lowest BCUT2D eigenvalue weighted by Crippen LogP contribution is -2.53. The van der Waals surface area contributed by atoms with E-state index in [0.29, 0.717) is 11.3 Å². The molecule has 0 saturated heterocycles. The summed E-state index contributed by atoms with van der Waals surface area (Å²) < 4.78 is 5.45. The van der Waals surface area contributed by atoms with Gasteiger partial charge in [0.05, 0.1) is 13.0 Å². The number of methoxy groups -OCH3 is 1. The van der Waals surface area contributed by atoms with E-state index in [-0.39, 0.29) is 17.3 Å². The van der Waals surface area contributed by atoms with E-state index in [0.717, 1.165) is 31.4 Å². The van der Waals surface area contributed by atoms with Crippen molar-refractivity contribution in [2.45, 2.75) is 66.2 Å². The standard InChI is InChI=1S/C23H34O3/c1-15-11-16(13-17(12-15)26-5)14-19-18(21(24)25)7-8-20-22(2,3)9-6-10-23(19,20)4/h11-13,18-20H,6-10,14H2,1-5H3,(H,24,25). The molecule has 0 aromatic heterocycles. The number of carbonyl (C=O) groups is 1. The topological polar surface area (TPSA) is 46.5 Å². The number of benzene rings is 1. The largest absolute Gasteiger partial charge is 0.497 e. The fourth-order valence-corrected chi connectivity index (χ4v) is 6.32. The predicted molar refractivity (Wildman–Crippen MR) is 105 cm³/mol. The van der Waals surface area contributed by atoms with Crippen LogP contribution in [0.5, 0.6) is 5.75 Å². The summed E-state index contributed by atoms with van der Waals surface area (Å²) in [7, 11) is 1.69. The van der Waals surface area contributed by atoms with Crippen molar-refractivity contribution in [1.82, 2.24) is 0 Å². The Morgan fingerprint density at radius 3 is 2.58 bits per heavy atom. The smallest absolute Gasteiger partial charge is 0.306 e. The third kappa shape index (κ3) is 3.37. The summed E-state index contributed by atoms with van der Waals surface area (Å²) in [5.74, 6) is 0.809. The highest BCUT2D eigenvalue weighted by atomic mass is 16.5. The molecule has 4 unspecified atom stereocenters. The molecule has 3 nitrogen and oxygen atoms in total. The first kappa shape index (κ1) is 19.3. The number of aryl methyl sites for hydroxylation is 1. The Balaban J connectivity index is 1.99. The minimum Gasteiger partial charge on any atom is -0.497 e. The second kappa shape index (κ2) is 6.90. The van der Waals surface area contributed by atoms with E-state index in [1.807, 2.05) is 6.07 Å². The first-order valence-corrected chi connectivity index (χ1v) is 10.0. The highest BCUT2D eigenvalue weighted by Gasteiger charge is 2.55. The van der Waals surface area contributed by atoms with E-state index in [1.165, 1.54) is 24.0 Å². The van der Waals surface area contributed by atoms with Crippen molar-refractivity contribution in [3.05, 3.63) is 29.3 Å². The van der Waals surface area contributed by atoms with Crippen LogP contribution < -0.4 is 4.74 Å². The summed E-state index contributed by atoms with van der Waals surface area (Å²) in [5.41, 5.74) is 2.79. The molecule has 4 atom stereocenters. The molecule has 0 spiro atoms. The van der Waals surface area contributed by atoms with Gasteiger partial charge in [-0.15, -0.1) is 0 Å². The van der Waals surface area contributed by atoms with Crippen molar-refractivity contribution in [2.75, 3.05) is 7.11 Å². The van der Waals surface area contributed by atoms with Gasteiger partial charge in [-0.05, 0) is 85.0 Å². The summed E-state index contributed by atoms with van der Waals surface area (Å²) >= 11 is 0. The lowest BCUT2D eigenvalue weighted by atomic mass is 9.46. The van der Waals surface area contributed by atoms with Crippen LogP contribution in [0, 0.1) is 35.5 Å². The molecule has 0 aliphatic heterocycles. The highest BCUT2D eigenvalue weighted by molar-refractivity contribution is 5.70. The Labute approximate surface area is 158 Å². The molecular formula is C23H34O3. The third-order valence-corrected chi connectivity index (χ3v) is 7.49. The van der Waals surface area contributed by atoms with Crippen molar-refractivity contribution in [1.29, 1.82) is 0 Å². The molecule has 2 aliphatic rings. The van der Waals surface area contributed by atoms with E-state index in [2.05, 4.69) is 39.8 Å². The number of rotatable bonds is 4. The molecule has 144 valence electrons. The zero-order valence-corrected chi connectivity index (χ0v) is 17.0. The van der Waals surface area contributed by atoms with Crippen molar-refractivity contribution < 1.29 is 14.6 Å². The van der Waals surface area contributed by atoms with Crippen molar-refractivity contribution in [3.8, 4) is 5.75 Å². The van der Waals surface area contributed by atoms with Gasteiger partial charge in [0.1, 0.15) is 5.75 Å². The van der Waals surface area contributed by atoms with E-state index in [1.54, 1.807) is 7.11 Å². The second-order valence-electron chi connectivity index (χ2n) is 9.59. The molecule has 3 heteroatoms. The Morgan fingerprint density at radius 2 is 1.92 bits per heavy atom. The van der Waals surface area contributed by atoms with Gasteiger partial charge in [0.2, 0.25) is 0 Å². The molecule has 3 rings (SSSR count). The van der Waals surface area contributed by atoms with Gasteiger partial charge in [0.15, 0.2) is 0 Å². The number of hydrogen-bond donors (Lipinski definition) is 1. The van der Waals surface area contributed by atoms with Gasteiger partial charge in [-0.1, -0.05) is 33.3 Å². The van der Waals surface area contributed by atoms with Crippen LogP contribution in [0.25, 0.3) is 0 Å². The zero-order chi connectivity index (χ0) is 19.1. The van der Waals surface area contributed by atoms with Gasteiger partial charge in [-0.25, -0.2) is 0 Å². The molecular weight excluding hydrogens is 324 g/mol. The van der Waals surface area contributed by atoms with E-state index < -0.39 is 5.97 Å². The molecule has 0 radical (unpaired) electrons. The van der Waals surface area contributed by atoms with Crippen LogP contribution in [-0.2, 0) is 11.2 Å². The van der Waals surface area contributed by atoms with E-state index in [4.69, 9.17) is 4.74 Å². The van der Waals surface area contributed by atoms with Gasteiger partial charge in [0.25, 0.3) is 0 Å². The van der Waals surface area contributed by atoms with Crippen LogP contribution in [0.15, 0.2) is 18.2 Å². The van der Waals surface area contributed by atoms with Crippen molar-refractivity contribution in [3.63, 3.8) is 0 Å². The van der Waals surface area contributed by atoms with Gasteiger partial charge >= 0.3 is 5.97 Å². The first-order valence-electron chi connectivity index (χ1n) is 10.0. The molecule has 2 aliphatic carbocycles. The SMILES string of the molecule is COc1cc(C)cc(CC2C(C(=O)O)CCC3C(C)(C)CCCC23C)c1. The number of hydrogen-bond acceptors (Lipinski definition) is 2.